The van der Waals surface area contributed by atoms with Crippen molar-refractivity contribution in [3.05, 3.63) is 108 Å². The van der Waals surface area contributed by atoms with E-state index in [2.05, 4.69) is 0 Å². The highest BCUT2D eigenvalue weighted by Crippen LogP contribution is 2.26. The van der Waals surface area contributed by atoms with Crippen molar-refractivity contribution in [1.82, 2.24) is 4.90 Å². The molecule has 0 unspecified atom stereocenters. The SMILES string of the molecule is O=C(O[C@@H]1CS(=O)(=O)C[C@@H]1N(Cc1ccccc1)C(=O)c1ccccc1)c1ccccc1. The van der Waals surface area contributed by atoms with E-state index in [1.807, 2.05) is 36.4 Å². The molecule has 4 rings (SSSR count). The molecule has 1 aliphatic heterocycles. The number of carbonyl (C=O) groups excluding carboxylic acids is 2. The van der Waals surface area contributed by atoms with Crippen molar-refractivity contribution in [3.8, 4) is 0 Å². The van der Waals surface area contributed by atoms with Gasteiger partial charge in [-0.1, -0.05) is 66.7 Å². The van der Waals surface area contributed by atoms with E-state index >= 15 is 0 Å². The Bertz CT molecular complexity index is 1180. The molecule has 0 spiro atoms. The lowest BCUT2D eigenvalue weighted by molar-refractivity contribution is 0.0118. The lowest BCUT2D eigenvalue weighted by Crippen LogP contribution is -2.47. The molecule has 1 fully saturated rings. The summed E-state index contributed by atoms with van der Waals surface area (Å²) in [7, 11) is -3.50. The van der Waals surface area contributed by atoms with Gasteiger partial charge in [0.25, 0.3) is 5.91 Å². The Morgan fingerprint density at radius 1 is 0.781 bits per heavy atom. The van der Waals surface area contributed by atoms with Crippen LogP contribution in [0.25, 0.3) is 0 Å². The maximum absolute atomic E-state index is 13.4. The molecule has 0 aliphatic carbocycles. The zero-order valence-corrected chi connectivity index (χ0v) is 18.1. The lowest BCUT2D eigenvalue weighted by atomic mass is 10.1. The van der Waals surface area contributed by atoms with Crippen LogP contribution in [0, 0.1) is 0 Å². The summed E-state index contributed by atoms with van der Waals surface area (Å²) in [5, 5.41) is 0. The summed E-state index contributed by atoms with van der Waals surface area (Å²) in [6, 6.07) is 25.7. The Kier molecular flexibility index (Phi) is 6.37. The minimum absolute atomic E-state index is 0.203. The topological polar surface area (TPSA) is 80.8 Å². The number of sulfone groups is 1. The number of ether oxygens (including phenoxy) is 1. The van der Waals surface area contributed by atoms with Gasteiger partial charge in [0.2, 0.25) is 0 Å². The number of esters is 1. The summed E-state index contributed by atoms with van der Waals surface area (Å²) in [5.41, 5.74) is 1.63. The first-order chi connectivity index (χ1) is 15.4. The van der Waals surface area contributed by atoms with Crippen LogP contribution in [0.15, 0.2) is 91.0 Å². The summed E-state index contributed by atoms with van der Waals surface area (Å²) in [6.45, 7) is 0.203. The normalized spacial score (nSPS) is 19.2. The van der Waals surface area contributed by atoms with E-state index in [9.17, 15) is 18.0 Å². The molecule has 164 valence electrons. The minimum atomic E-state index is -3.50. The number of rotatable bonds is 6. The number of hydrogen-bond acceptors (Lipinski definition) is 5. The molecule has 6 nitrogen and oxygen atoms in total. The molecule has 32 heavy (non-hydrogen) atoms. The summed E-state index contributed by atoms with van der Waals surface area (Å²) >= 11 is 0. The quantitative estimate of drug-likeness (QED) is 0.539. The highest BCUT2D eigenvalue weighted by molar-refractivity contribution is 7.91. The van der Waals surface area contributed by atoms with E-state index in [1.54, 1.807) is 54.6 Å². The molecular formula is C25H23NO5S. The number of amides is 1. The molecule has 1 aliphatic rings. The van der Waals surface area contributed by atoms with Crippen molar-refractivity contribution in [2.24, 2.45) is 0 Å². The first kappa shape index (κ1) is 21.8. The summed E-state index contributed by atoms with van der Waals surface area (Å²) < 4.78 is 30.8. The summed E-state index contributed by atoms with van der Waals surface area (Å²) in [5.74, 6) is -1.49. The Morgan fingerprint density at radius 2 is 1.31 bits per heavy atom. The van der Waals surface area contributed by atoms with Crippen molar-refractivity contribution < 1.29 is 22.7 Å². The molecule has 0 aromatic heterocycles. The van der Waals surface area contributed by atoms with Gasteiger partial charge in [-0.25, -0.2) is 13.2 Å². The van der Waals surface area contributed by atoms with Gasteiger partial charge in [-0.05, 0) is 29.8 Å². The van der Waals surface area contributed by atoms with Crippen molar-refractivity contribution in [2.45, 2.75) is 18.7 Å². The first-order valence-corrected chi connectivity index (χ1v) is 12.1. The highest BCUT2D eigenvalue weighted by atomic mass is 32.2. The van der Waals surface area contributed by atoms with Crippen molar-refractivity contribution in [2.75, 3.05) is 11.5 Å². The van der Waals surface area contributed by atoms with Gasteiger partial charge in [0.15, 0.2) is 9.84 Å². The Labute approximate surface area is 187 Å². The lowest BCUT2D eigenvalue weighted by Gasteiger charge is -2.32. The molecule has 0 radical (unpaired) electrons. The van der Waals surface area contributed by atoms with Gasteiger partial charge in [-0.15, -0.1) is 0 Å². The van der Waals surface area contributed by atoms with Crippen LogP contribution in [-0.4, -0.2) is 48.8 Å². The van der Waals surface area contributed by atoms with Crippen LogP contribution in [0.3, 0.4) is 0 Å². The smallest absolute Gasteiger partial charge is 0.338 e. The fourth-order valence-electron chi connectivity index (χ4n) is 3.85. The average molecular weight is 450 g/mol. The molecular weight excluding hydrogens is 426 g/mol. The largest absolute Gasteiger partial charge is 0.455 e. The summed E-state index contributed by atoms with van der Waals surface area (Å²) in [4.78, 5) is 27.6. The monoisotopic (exact) mass is 449 g/mol. The average Bonchev–Trinajstić information content (AvgIpc) is 3.12. The third-order valence-corrected chi connectivity index (χ3v) is 7.10. The third kappa shape index (κ3) is 5.06. The highest BCUT2D eigenvalue weighted by Gasteiger charge is 2.45. The van der Waals surface area contributed by atoms with Crippen LogP contribution in [0.1, 0.15) is 26.3 Å². The van der Waals surface area contributed by atoms with E-state index in [1.165, 1.54) is 4.90 Å². The van der Waals surface area contributed by atoms with Crippen LogP contribution in [0.4, 0.5) is 0 Å². The van der Waals surface area contributed by atoms with Gasteiger partial charge in [0, 0.05) is 12.1 Å². The van der Waals surface area contributed by atoms with Crippen molar-refractivity contribution in [3.63, 3.8) is 0 Å². The third-order valence-electron chi connectivity index (χ3n) is 5.42. The Balaban J connectivity index is 1.66. The van der Waals surface area contributed by atoms with Crippen molar-refractivity contribution in [1.29, 1.82) is 0 Å². The van der Waals surface area contributed by atoms with E-state index in [0.29, 0.717) is 11.1 Å². The fourth-order valence-corrected chi connectivity index (χ4v) is 5.69. The van der Waals surface area contributed by atoms with Gasteiger partial charge in [-0.2, -0.15) is 0 Å². The number of benzene rings is 3. The van der Waals surface area contributed by atoms with Crippen molar-refractivity contribution >= 4 is 21.7 Å². The molecule has 1 amide bonds. The van der Waals surface area contributed by atoms with Gasteiger partial charge in [-0.3, -0.25) is 4.79 Å². The number of carbonyl (C=O) groups is 2. The molecule has 3 aromatic rings. The van der Waals surface area contributed by atoms with E-state index in [4.69, 9.17) is 4.74 Å². The fraction of sp³-hybridized carbons (Fsp3) is 0.200. The zero-order valence-electron chi connectivity index (χ0n) is 17.3. The first-order valence-electron chi connectivity index (χ1n) is 10.3. The molecule has 2 atom stereocenters. The summed E-state index contributed by atoms with van der Waals surface area (Å²) in [6.07, 6.45) is -0.955. The van der Waals surface area contributed by atoms with Crippen LogP contribution >= 0.6 is 0 Å². The maximum Gasteiger partial charge on any atom is 0.338 e. The molecule has 0 bridgehead atoms. The van der Waals surface area contributed by atoms with Gasteiger partial charge in [0.05, 0.1) is 23.1 Å². The van der Waals surface area contributed by atoms with Gasteiger partial charge in [0.1, 0.15) is 6.10 Å². The second-order valence-electron chi connectivity index (χ2n) is 7.74. The van der Waals surface area contributed by atoms with E-state index in [0.717, 1.165) is 5.56 Å². The molecule has 0 N–H and O–H groups in total. The predicted molar refractivity (Wildman–Crippen MR) is 121 cm³/mol. The number of hydrogen-bond donors (Lipinski definition) is 0. The van der Waals surface area contributed by atoms with Gasteiger partial charge < -0.3 is 9.64 Å². The van der Waals surface area contributed by atoms with Gasteiger partial charge >= 0.3 is 5.97 Å². The molecule has 3 aromatic carbocycles. The predicted octanol–water partition coefficient (Wildman–Crippen LogP) is 3.35. The maximum atomic E-state index is 13.4. The van der Waals surface area contributed by atoms with Crippen LogP contribution in [0.5, 0.6) is 0 Å². The van der Waals surface area contributed by atoms with Crippen LogP contribution in [-0.2, 0) is 21.1 Å². The molecule has 1 heterocycles. The Hall–Kier alpha value is -3.45. The van der Waals surface area contributed by atoms with E-state index < -0.39 is 28.0 Å². The van der Waals surface area contributed by atoms with Crippen LogP contribution < -0.4 is 0 Å². The molecule has 7 heteroatoms. The molecule has 1 saturated heterocycles. The number of nitrogens with zero attached hydrogens (tertiary/aromatic N) is 1. The van der Waals surface area contributed by atoms with E-state index in [-0.39, 0.29) is 24.0 Å². The minimum Gasteiger partial charge on any atom is -0.455 e. The zero-order chi connectivity index (χ0) is 22.6. The molecule has 0 saturated carbocycles. The van der Waals surface area contributed by atoms with Crippen LogP contribution in [0.2, 0.25) is 0 Å². The second kappa shape index (κ2) is 9.36. The second-order valence-corrected chi connectivity index (χ2v) is 9.89. The standard InChI is InChI=1S/C25H23NO5S/c27-24(20-12-6-2-7-13-20)26(16-19-10-4-1-5-11-19)22-17-32(29,30)18-23(22)31-25(28)21-14-8-3-9-15-21/h1-15,22-23H,16-18H2/t22-,23+/m0/s1. The Morgan fingerprint density at radius 3 is 1.91 bits per heavy atom.